The van der Waals surface area contributed by atoms with Gasteiger partial charge in [-0.15, -0.1) is 0 Å². The molecular formula is C12H23N3O3. The fraction of sp³-hybridized carbons (Fsp3) is 0.833. The number of carbonyl (C=O) groups is 2. The van der Waals surface area contributed by atoms with Gasteiger partial charge in [0.25, 0.3) is 0 Å². The van der Waals surface area contributed by atoms with Gasteiger partial charge in [0.2, 0.25) is 0 Å². The lowest BCUT2D eigenvalue weighted by atomic mass is 9.75. The summed E-state index contributed by atoms with van der Waals surface area (Å²) in [6.07, 6.45) is 3.75. The molecule has 0 bridgehead atoms. The first-order chi connectivity index (χ1) is 8.54. The first-order valence-electron chi connectivity index (χ1n) is 6.53. The van der Waals surface area contributed by atoms with Gasteiger partial charge >= 0.3 is 12.0 Å². The molecule has 6 heteroatoms. The molecule has 18 heavy (non-hydrogen) atoms. The summed E-state index contributed by atoms with van der Waals surface area (Å²) < 4.78 is 0. The van der Waals surface area contributed by atoms with Crippen LogP contribution in [-0.4, -0.2) is 35.7 Å². The fourth-order valence-electron chi connectivity index (χ4n) is 2.42. The Labute approximate surface area is 107 Å². The molecule has 1 fully saturated rings. The minimum absolute atomic E-state index is 0.339. The molecule has 6 nitrogen and oxygen atoms in total. The average molecular weight is 257 g/mol. The average Bonchev–Trinajstić information content (AvgIpc) is 2.37. The van der Waals surface area contributed by atoms with E-state index in [-0.39, 0.29) is 0 Å². The van der Waals surface area contributed by atoms with Gasteiger partial charge < -0.3 is 21.5 Å². The standard InChI is InChI=1S/C12H23N3O3/c1-2-9-3-5-12(6-4-9,10(16)17)15-11(18)14-8-7-13/h9H,2-8,13H2,1H3,(H,16,17)(H2,14,15,18). The van der Waals surface area contributed by atoms with Gasteiger partial charge in [0.1, 0.15) is 5.54 Å². The highest BCUT2D eigenvalue weighted by Crippen LogP contribution is 2.33. The number of rotatable bonds is 5. The van der Waals surface area contributed by atoms with E-state index in [4.69, 9.17) is 5.73 Å². The zero-order chi connectivity index (χ0) is 13.6. The van der Waals surface area contributed by atoms with Gasteiger partial charge in [0.05, 0.1) is 0 Å². The third-order valence-corrected chi connectivity index (χ3v) is 3.73. The van der Waals surface area contributed by atoms with Gasteiger partial charge in [-0.3, -0.25) is 0 Å². The van der Waals surface area contributed by atoms with Crippen molar-refractivity contribution in [3.8, 4) is 0 Å². The van der Waals surface area contributed by atoms with Crippen molar-refractivity contribution in [2.75, 3.05) is 13.1 Å². The monoisotopic (exact) mass is 257 g/mol. The van der Waals surface area contributed by atoms with E-state index in [2.05, 4.69) is 17.6 Å². The molecule has 2 amide bonds. The van der Waals surface area contributed by atoms with Crippen LogP contribution in [-0.2, 0) is 4.79 Å². The highest BCUT2D eigenvalue weighted by Gasteiger charge is 2.42. The Balaban J connectivity index is 2.60. The van der Waals surface area contributed by atoms with Gasteiger partial charge in [0.15, 0.2) is 0 Å². The zero-order valence-electron chi connectivity index (χ0n) is 10.9. The highest BCUT2D eigenvalue weighted by molar-refractivity contribution is 5.86. The molecule has 0 aromatic rings. The minimum atomic E-state index is -1.11. The van der Waals surface area contributed by atoms with Crippen LogP contribution in [0.4, 0.5) is 4.79 Å². The van der Waals surface area contributed by atoms with Crippen LogP contribution in [0.5, 0.6) is 0 Å². The lowest BCUT2D eigenvalue weighted by molar-refractivity contribution is -0.146. The molecule has 0 unspecified atom stereocenters. The van der Waals surface area contributed by atoms with Crippen LogP contribution in [0.2, 0.25) is 0 Å². The Morgan fingerprint density at radius 1 is 1.39 bits per heavy atom. The van der Waals surface area contributed by atoms with Crippen molar-refractivity contribution in [2.45, 2.75) is 44.6 Å². The Morgan fingerprint density at radius 3 is 2.44 bits per heavy atom. The van der Waals surface area contributed by atoms with Crippen molar-refractivity contribution in [1.82, 2.24) is 10.6 Å². The molecule has 0 atom stereocenters. The summed E-state index contributed by atoms with van der Waals surface area (Å²) in [6, 6.07) is -0.446. The van der Waals surface area contributed by atoms with Crippen molar-refractivity contribution in [3.05, 3.63) is 0 Å². The van der Waals surface area contributed by atoms with E-state index >= 15 is 0 Å². The number of nitrogens with two attached hydrogens (primary N) is 1. The number of urea groups is 1. The quantitative estimate of drug-likeness (QED) is 0.581. The second-order valence-corrected chi connectivity index (χ2v) is 4.91. The van der Waals surface area contributed by atoms with E-state index in [1.54, 1.807) is 0 Å². The van der Waals surface area contributed by atoms with E-state index in [9.17, 15) is 14.7 Å². The van der Waals surface area contributed by atoms with Crippen molar-refractivity contribution in [1.29, 1.82) is 0 Å². The van der Waals surface area contributed by atoms with Crippen LogP contribution in [0, 0.1) is 5.92 Å². The molecule has 1 aliphatic rings. The van der Waals surface area contributed by atoms with Crippen molar-refractivity contribution in [3.63, 3.8) is 0 Å². The number of hydrogen-bond donors (Lipinski definition) is 4. The second kappa shape index (κ2) is 6.58. The molecule has 0 heterocycles. The molecule has 0 aliphatic heterocycles. The molecule has 1 aliphatic carbocycles. The number of amides is 2. The number of hydrogen-bond acceptors (Lipinski definition) is 3. The molecular weight excluding hydrogens is 234 g/mol. The summed E-state index contributed by atoms with van der Waals surface area (Å²) in [5.41, 5.74) is 4.17. The molecule has 0 aromatic carbocycles. The molecule has 0 saturated heterocycles. The van der Waals surface area contributed by atoms with Gasteiger partial charge in [-0.2, -0.15) is 0 Å². The zero-order valence-corrected chi connectivity index (χ0v) is 10.9. The summed E-state index contributed by atoms with van der Waals surface area (Å²) >= 11 is 0. The highest BCUT2D eigenvalue weighted by atomic mass is 16.4. The van der Waals surface area contributed by atoms with Crippen LogP contribution in [0.1, 0.15) is 39.0 Å². The Morgan fingerprint density at radius 2 is 2.00 bits per heavy atom. The molecule has 0 spiro atoms. The normalized spacial score (nSPS) is 27.6. The Bertz CT molecular complexity index is 299. The second-order valence-electron chi connectivity index (χ2n) is 4.91. The van der Waals surface area contributed by atoms with Crippen molar-refractivity contribution < 1.29 is 14.7 Å². The van der Waals surface area contributed by atoms with Crippen LogP contribution in [0.25, 0.3) is 0 Å². The van der Waals surface area contributed by atoms with Crippen molar-refractivity contribution in [2.24, 2.45) is 11.7 Å². The van der Waals surface area contributed by atoms with E-state index in [0.29, 0.717) is 31.8 Å². The lowest BCUT2D eigenvalue weighted by Crippen LogP contribution is -2.59. The van der Waals surface area contributed by atoms with Crippen LogP contribution in [0.3, 0.4) is 0 Å². The molecule has 0 aromatic heterocycles. The number of nitrogens with one attached hydrogen (secondary N) is 2. The third-order valence-electron chi connectivity index (χ3n) is 3.73. The molecule has 5 N–H and O–H groups in total. The van der Waals surface area contributed by atoms with Gasteiger partial charge in [0, 0.05) is 13.1 Å². The first kappa shape index (κ1) is 14.8. The maximum Gasteiger partial charge on any atom is 0.329 e. The SMILES string of the molecule is CCC1CCC(NC(=O)NCCN)(C(=O)O)CC1. The number of aliphatic carboxylic acids is 1. The van der Waals surface area contributed by atoms with Crippen molar-refractivity contribution >= 4 is 12.0 Å². The largest absolute Gasteiger partial charge is 0.480 e. The van der Waals surface area contributed by atoms with E-state index in [1.165, 1.54) is 0 Å². The summed E-state index contributed by atoms with van der Waals surface area (Å²) in [4.78, 5) is 23.0. The Kier molecular flexibility index (Phi) is 5.40. The summed E-state index contributed by atoms with van der Waals surface area (Å²) in [5, 5.41) is 14.5. The topological polar surface area (TPSA) is 104 Å². The molecule has 1 saturated carbocycles. The van der Waals surface area contributed by atoms with E-state index in [0.717, 1.165) is 19.3 Å². The fourth-order valence-corrected chi connectivity index (χ4v) is 2.42. The summed E-state index contributed by atoms with van der Waals surface area (Å²) in [7, 11) is 0. The molecule has 0 radical (unpaired) electrons. The van der Waals surface area contributed by atoms with Crippen LogP contribution < -0.4 is 16.4 Å². The minimum Gasteiger partial charge on any atom is -0.480 e. The maximum absolute atomic E-state index is 11.6. The number of carboxylic acid groups (broad SMARTS) is 1. The lowest BCUT2D eigenvalue weighted by Gasteiger charge is -2.37. The van der Waals surface area contributed by atoms with Gasteiger partial charge in [-0.05, 0) is 31.6 Å². The smallest absolute Gasteiger partial charge is 0.329 e. The first-order valence-corrected chi connectivity index (χ1v) is 6.53. The predicted octanol–water partition coefficient (Wildman–Crippen LogP) is 0.668. The van der Waals surface area contributed by atoms with Crippen LogP contribution in [0.15, 0.2) is 0 Å². The number of carbonyl (C=O) groups excluding carboxylic acids is 1. The maximum atomic E-state index is 11.6. The summed E-state index contributed by atoms with van der Waals surface area (Å²) in [6.45, 7) is 2.80. The number of carboxylic acids is 1. The van der Waals surface area contributed by atoms with Gasteiger partial charge in [-0.25, -0.2) is 9.59 Å². The molecule has 104 valence electrons. The predicted molar refractivity (Wildman–Crippen MR) is 68.2 cm³/mol. The Hall–Kier alpha value is -1.30. The van der Waals surface area contributed by atoms with E-state index < -0.39 is 17.5 Å². The van der Waals surface area contributed by atoms with Gasteiger partial charge in [-0.1, -0.05) is 13.3 Å². The third kappa shape index (κ3) is 3.60. The summed E-state index contributed by atoms with van der Waals surface area (Å²) in [5.74, 6) is -0.369. The molecule has 1 rings (SSSR count). The van der Waals surface area contributed by atoms with Crippen LogP contribution >= 0.6 is 0 Å². The van der Waals surface area contributed by atoms with E-state index in [1.807, 2.05) is 0 Å².